The fourth-order valence-corrected chi connectivity index (χ4v) is 1.57. The van der Waals surface area contributed by atoms with Gasteiger partial charge in [0, 0.05) is 5.56 Å². The highest BCUT2D eigenvalue weighted by Gasteiger charge is 2.30. The van der Waals surface area contributed by atoms with E-state index in [2.05, 4.69) is 21.1 Å². The third-order valence-corrected chi connectivity index (χ3v) is 2.77. The number of hydrogen-bond donors (Lipinski definition) is 2. The molecule has 0 saturated carbocycles. The van der Waals surface area contributed by atoms with Gasteiger partial charge in [0.25, 0.3) is 0 Å². The van der Waals surface area contributed by atoms with Gasteiger partial charge in [-0.05, 0) is 18.4 Å². The largest absolute Gasteiger partial charge is 0.416 e. The van der Waals surface area contributed by atoms with E-state index in [1.165, 1.54) is 23.9 Å². The number of rotatable bonds is 1. The fraction of sp³-hybridized carbons (Fsp3) is 0.200. The molecule has 0 radical (unpaired) electrons. The smallest absolute Gasteiger partial charge is 0.257 e. The van der Waals surface area contributed by atoms with Gasteiger partial charge in [0.15, 0.2) is 5.84 Å². The number of thioether (sulfide) groups is 1. The van der Waals surface area contributed by atoms with E-state index >= 15 is 0 Å². The van der Waals surface area contributed by atoms with Crippen molar-refractivity contribution >= 4 is 22.8 Å². The number of alkyl halides is 3. The Bertz CT molecular complexity index is 493. The molecule has 2 N–H and O–H groups in total. The highest BCUT2D eigenvalue weighted by molar-refractivity contribution is 8.13. The van der Waals surface area contributed by atoms with Crippen LogP contribution >= 0.6 is 11.8 Å². The van der Waals surface area contributed by atoms with Crippen LogP contribution in [0.4, 0.5) is 13.2 Å². The van der Waals surface area contributed by atoms with Crippen LogP contribution in [0, 0.1) is 0 Å². The van der Waals surface area contributed by atoms with Crippen molar-refractivity contribution < 1.29 is 13.2 Å². The summed E-state index contributed by atoms with van der Waals surface area (Å²) in [6, 6.07) is 4.70. The standard InChI is InChI=1S/C10H9F3N4S/c1-18-9-16-14-8(15-17-9)6-2-4-7(5-3-6)10(11,12)13/h2-5H,1H3,(H,14,15)(H,16,17). The Hall–Kier alpha value is -1.70. The molecule has 2 rings (SSSR count). The van der Waals surface area contributed by atoms with Crippen LogP contribution in [0.25, 0.3) is 0 Å². The van der Waals surface area contributed by atoms with E-state index in [0.717, 1.165) is 12.1 Å². The van der Waals surface area contributed by atoms with E-state index in [9.17, 15) is 13.2 Å². The first-order valence-corrected chi connectivity index (χ1v) is 6.12. The van der Waals surface area contributed by atoms with Crippen molar-refractivity contribution in [1.82, 2.24) is 10.9 Å². The van der Waals surface area contributed by atoms with Crippen LogP contribution in [0.5, 0.6) is 0 Å². The Morgan fingerprint density at radius 3 is 2.17 bits per heavy atom. The Morgan fingerprint density at radius 2 is 1.72 bits per heavy atom. The van der Waals surface area contributed by atoms with Crippen molar-refractivity contribution in [1.29, 1.82) is 0 Å². The minimum absolute atomic E-state index is 0.376. The van der Waals surface area contributed by atoms with Crippen molar-refractivity contribution in [2.24, 2.45) is 10.2 Å². The molecule has 0 atom stereocenters. The zero-order valence-corrected chi connectivity index (χ0v) is 10.1. The second kappa shape index (κ2) is 4.89. The highest BCUT2D eigenvalue weighted by Crippen LogP contribution is 2.29. The van der Waals surface area contributed by atoms with Gasteiger partial charge in [-0.3, -0.25) is 10.9 Å². The van der Waals surface area contributed by atoms with Crippen LogP contribution in [-0.4, -0.2) is 17.3 Å². The first-order valence-electron chi connectivity index (χ1n) is 4.90. The topological polar surface area (TPSA) is 48.8 Å². The second-order valence-corrected chi connectivity index (χ2v) is 4.18. The average molecular weight is 274 g/mol. The third-order valence-electron chi connectivity index (χ3n) is 2.21. The first kappa shape index (κ1) is 12.7. The molecule has 0 aromatic heterocycles. The zero-order valence-electron chi connectivity index (χ0n) is 9.25. The second-order valence-electron chi connectivity index (χ2n) is 3.38. The molecule has 1 aliphatic heterocycles. The zero-order chi connectivity index (χ0) is 13.2. The molecule has 1 heterocycles. The van der Waals surface area contributed by atoms with Gasteiger partial charge in [0.05, 0.1) is 5.56 Å². The molecule has 96 valence electrons. The van der Waals surface area contributed by atoms with Crippen molar-refractivity contribution in [2.45, 2.75) is 6.18 Å². The summed E-state index contributed by atoms with van der Waals surface area (Å²) in [6.45, 7) is 0. The van der Waals surface area contributed by atoms with E-state index in [4.69, 9.17) is 0 Å². The van der Waals surface area contributed by atoms with Gasteiger partial charge in [-0.2, -0.15) is 18.3 Å². The van der Waals surface area contributed by atoms with Gasteiger partial charge in [-0.25, -0.2) is 0 Å². The normalized spacial score (nSPS) is 15.3. The predicted octanol–water partition coefficient (Wildman–Crippen LogP) is 2.19. The summed E-state index contributed by atoms with van der Waals surface area (Å²) in [4.78, 5) is 0. The minimum atomic E-state index is -4.33. The van der Waals surface area contributed by atoms with Crippen LogP contribution in [-0.2, 0) is 6.18 Å². The summed E-state index contributed by atoms with van der Waals surface area (Å²) < 4.78 is 37.1. The molecule has 1 aliphatic rings. The first-order chi connectivity index (χ1) is 8.50. The molecule has 0 amide bonds. The highest BCUT2D eigenvalue weighted by atomic mass is 32.2. The quantitative estimate of drug-likeness (QED) is 0.825. The molecule has 0 aliphatic carbocycles. The Balaban J connectivity index is 2.15. The molecule has 0 spiro atoms. The molecular formula is C10H9F3N4S. The summed E-state index contributed by atoms with van der Waals surface area (Å²) in [5.74, 6) is 0.376. The molecule has 0 fully saturated rings. The van der Waals surface area contributed by atoms with Crippen molar-refractivity contribution in [3.05, 3.63) is 35.4 Å². The van der Waals surface area contributed by atoms with E-state index in [1.807, 2.05) is 6.26 Å². The lowest BCUT2D eigenvalue weighted by Gasteiger charge is -2.14. The number of hydrazone groups is 2. The maximum absolute atomic E-state index is 12.4. The Kier molecular flexibility index (Phi) is 3.46. The Labute approximate surface area is 105 Å². The van der Waals surface area contributed by atoms with Gasteiger partial charge < -0.3 is 0 Å². The molecule has 18 heavy (non-hydrogen) atoms. The van der Waals surface area contributed by atoms with Gasteiger partial charge in [0.1, 0.15) is 0 Å². The van der Waals surface area contributed by atoms with Crippen molar-refractivity contribution in [2.75, 3.05) is 6.26 Å². The molecule has 8 heteroatoms. The number of amidine groups is 2. The van der Waals surface area contributed by atoms with Gasteiger partial charge in [-0.1, -0.05) is 23.9 Å². The van der Waals surface area contributed by atoms with Crippen molar-refractivity contribution in [3.63, 3.8) is 0 Å². The Morgan fingerprint density at radius 1 is 1.06 bits per heavy atom. The summed E-state index contributed by atoms with van der Waals surface area (Å²) in [7, 11) is 0. The lowest BCUT2D eigenvalue weighted by Crippen LogP contribution is -2.32. The van der Waals surface area contributed by atoms with E-state index < -0.39 is 11.7 Å². The van der Waals surface area contributed by atoms with Gasteiger partial charge >= 0.3 is 6.18 Å². The van der Waals surface area contributed by atoms with Crippen LogP contribution in [0.3, 0.4) is 0 Å². The molecule has 0 unspecified atom stereocenters. The maximum atomic E-state index is 12.4. The summed E-state index contributed by atoms with van der Waals surface area (Å²) in [5.41, 5.74) is 5.18. The molecule has 1 aromatic carbocycles. The van der Waals surface area contributed by atoms with Crippen LogP contribution in [0.2, 0.25) is 0 Å². The summed E-state index contributed by atoms with van der Waals surface area (Å²) in [5, 5.41) is 8.50. The molecule has 0 saturated heterocycles. The number of hydrogen-bond acceptors (Lipinski definition) is 5. The molecule has 0 bridgehead atoms. The number of nitrogens with one attached hydrogen (secondary N) is 2. The number of benzene rings is 1. The number of nitrogens with zero attached hydrogens (tertiary/aromatic N) is 2. The summed E-state index contributed by atoms with van der Waals surface area (Å²) in [6.07, 6.45) is -2.51. The van der Waals surface area contributed by atoms with Crippen LogP contribution < -0.4 is 10.9 Å². The lowest BCUT2D eigenvalue weighted by molar-refractivity contribution is -0.137. The predicted molar refractivity (Wildman–Crippen MR) is 65.2 cm³/mol. The third kappa shape index (κ3) is 2.76. The minimum Gasteiger partial charge on any atom is -0.257 e. The lowest BCUT2D eigenvalue weighted by atomic mass is 10.1. The molecule has 1 aromatic rings. The maximum Gasteiger partial charge on any atom is 0.416 e. The van der Waals surface area contributed by atoms with Crippen molar-refractivity contribution in [3.8, 4) is 0 Å². The summed E-state index contributed by atoms with van der Waals surface area (Å²) >= 11 is 1.37. The fourth-order valence-electron chi connectivity index (χ4n) is 1.29. The molecule has 4 nitrogen and oxygen atoms in total. The molecular weight excluding hydrogens is 265 g/mol. The average Bonchev–Trinajstić information content (AvgIpc) is 2.38. The van der Waals surface area contributed by atoms with E-state index in [0.29, 0.717) is 16.6 Å². The van der Waals surface area contributed by atoms with Gasteiger partial charge in [-0.15, -0.1) is 5.10 Å². The van der Waals surface area contributed by atoms with E-state index in [1.54, 1.807) is 0 Å². The number of halogens is 3. The SMILES string of the molecule is CSC1=NNC(c2ccc(C(F)(F)F)cc2)=NN1. The van der Waals surface area contributed by atoms with E-state index in [-0.39, 0.29) is 0 Å². The van der Waals surface area contributed by atoms with Crippen LogP contribution in [0.1, 0.15) is 11.1 Å². The monoisotopic (exact) mass is 274 g/mol. The van der Waals surface area contributed by atoms with Gasteiger partial charge in [0.2, 0.25) is 5.17 Å². The van der Waals surface area contributed by atoms with Crippen LogP contribution in [0.15, 0.2) is 34.5 Å².